The Kier molecular flexibility index (Phi) is 6.17. The number of rotatable bonds is 5. The van der Waals surface area contributed by atoms with Gasteiger partial charge in [0, 0.05) is 28.6 Å². The van der Waals surface area contributed by atoms with Crippen molar-refractivity contribution in [3.05, 3.63) is 50.7 Å². The van der Waals surface area contributed by atoms with Gasteiger partial charge in [0.15, 0.2) is 0 Å². The summed E-state index contributed by atoms with van der Waals surface area (Å²) < 4.78 is 1.06. The molecule has 10 heteroatoms. The fourth-order valence-corrected chi connectivity index (χ4v) is 4.80. The Balaban J connectivity index is 0.00000225. The molecule has 0 fully saturated rings. The predicted molar refractivity (Wildman–Crippen MR) is 108 cm³/mol. The lowest BCUT2D eigenvalue weighted by Crippen LogP contribution is -2.08. The third kappa shape index (κ3) is 4.01. The first-order valence-corrected chi connectivity index (χ1v) is 9.64. The van der Waals surface area contributed by atoms with Crippen LogP contribution in [0.4, 0.5) is 5.69 Å². The molecule has 0 amide bonds. The number of hydrogen-bond donors (Lipinski definition) is 2. The molecule has 0 aliphatic rings. The van der Waals surface area contributed by atoms with E-state index >= 15 is 0 Å². The normalized spacial score (nSPS) is 10.3. The van der Waals surface area contributed by atoms with Crippen LogP contribution in [0.15, 0.2) is 39.9 Å². The van der Waals surface area contributed by atoms with E-state index in [2.05, 4.69) is 4.98 Å². The predicted octanol–water partition coefficient (Wildman–Crippen LogP) is 4.87. The van der Waals surface area contributed by atoms with Crippen LogP contribution in [0, 0.1) is 15.5 Å². The molecule has 130 valence electrons. The Bertz CT molecular complexity index is 921. The molecule has 25 heavy (non-hydrogen) atoms. The van der Waals surface area contributed by atoms with Crippen LogP contribution in [0.3, 0.4) is 0 Å². The van der Waals surface area contributed by atoms with Gasteiger partial charge in [-0.1, -0.05) is 0 Å². The number of nitrogen functional groups attached to an aromatic ring is 1. The Morgan fingerprint density at radius 1 is 1.36 bits per heavy atom. The van der Waals surface area contributed by atoms with Gasteiger partial charge in [-0.05, 0) is 24.5 Å². The number of halogens is 1. The Labute approximate surface area is 162 Å². The topological polar surface area (TPSA) is 106 Å². The SMILES string of the molecule is CSc1sc(C(=N)N)cc1-c1nc(-c2ccc([N+](=O)[O-])cc2)cs1.Cl. The van der Waals surface area contributed by atoms with Crippen LogP contribution < -0.4 is 5.73 Å². The van der Waals surface area contributed by atoms with Crippen LogP contribution in [0.1, 0.15) is 4.88 Å². The van der Waals surface area contributed by atoms with E-state index in [1.54, 1.807) is 23.9 Å². The molecule has 2 aromatic heterocycles. The van der Waals surface area contributed by atoms with Crippen LogP contribution in [-0.2, 0) is 0 Å². The van der Waals surface area contributed by atoms with Gasteiger partial charge in [-0.15, -0.1) is 46.8 Å². The van der Waals surface area contributed by atoms with Gasteiger partial charge in [0.2, 0.25) is 0 Å². The Morgan fingerprint density at radius 3 is 2.60 bits per heavy atom. The van der Waals surface area contributed by atoms with Crippen molar-refractivity contribution >= 4 is 58.4 Å². The largest absolute Gasteiger partial charge is 0.383 e. The molecule has 0 atom stereocenters. The third-order valence-electron chi connectivity index (χ3n) is 3.26. The maximum absolute atomic E-state index is 10.7. The number of nitrogens with two attached hydrogens (primary N) is 1. The minimum atomic E-state index is -0.421. The summed E-state index contributed by atoms with van der Waals surface area (Å²) in [5.74, 6) is 0.0497. The first-order chi connectivity index (χ1) is 11.5. The number of benzene rings is 1. The zero-order valence-electron chi connectivity index (χ0n) is 12.9. The number of thioether (sulfide) groups is 1. The number of amidine groups is 1. The number of non-ortho nitro benzene ring substituents is 1. The minimum Gasteiger partial charge on any atom is -0.383 e. The van der Waals surface area contributed by atoms with Crippen LogP contribution in [-0.4, -0.2) is 22.0 Å². The average molecular weight is 413 g/mol. The summed E-state index contributed by atoms with van der Waals surface area (Å²) in [6, 6.07) is 8.22. The van der Waals surface area contributed by atoms with Crippen molar-refractivity contribution < 1.29 is 4.92 Å². The van der Waals surface area contributed by atoms with Gasteiger partial charge in [0.25, 0.3) is 5.69 Å². The molecule has 0 saturated heterocycles. The second kappa shape index (κ2) is 7.96. The zero-order valence-corrected chi connectivity index (χ0v) is 16.2. The summed E-state index contributed by atoms with van der Waals surface area (Å²) in [6.07, 6.45) is 1.98. The van der Waals surface area contributed by atoms with E-state index < -0.39 is 4.92 Å². The highest BCUT2D eigenvalue weighted by molar-refractivity contribution is 8.00. The van der Waals surface area contributed by atoms with E-state index in [0.29, 0.717) is 0 Å². The molecular weight excluding hydrogens is 400 g/mol. The van der Waals surface area contributed by atoms with Crippen LogP contribution in [0.5, 0.6) is 0 Å². The van der Waals surface area contributed by atoms with Gasteiger partial charge in [-0.2, -0.15) is 0 Å². The second-order valence-electron chi connectivity index (χ2n) is 4.77. The van der Waals surface area contributed by atoms with Gasteiger partial charge in [-0.3, -0.25) is 15.5 Å². The Hall–Kier alpha value is -1.94. The first-order valence-electron chi connectivity index (χ1n) is 6.72. The van der Waals surface area contributed by atoms with Gasteiger partial charge in [0.05, 0.1) is 19.7 Å². The fraction of sp³-hybridized carbons (Fsp3) is 0.0667. The number of aromatic nitrogens is 1. The molecule has 1 aromatic carbocycles. The molecule has 3 N–H and O–H groups in total. The van der Waals surface area contributed by atoms with Gasteiger partial charge in [0.1, 0.15) is 10.8 Å². The summed E-state index contributed by atoms with van der Waals surface area (Å²) in [4.78, 5) is 15.7. The van der Waals surface area contributed by atoms with E-state index in [-0.39, 0.29) is 23.9 Å². The molecular formula is C15H13ClN4O2S3. The number of nitro groups is 1. The molecule has 0 spiro atoms. The molecule has 0 bridgehead atoms. The molecule has 0 unspecified atom stereocenters. The van der Waals surface area contributed by atoms with Crippen LogP contribution in [0.2, 0.25) is 0 Å². The minimum absolute atomic E-state index is 0. The lowest BCUT2D eigenvalue weighted by atomic mass is 10.1. The lowest BCUT2D eigenvalue weighted by molar-refractivity contribution is -0.384. The molecule has 0 aliphatic heterocycles. The average Bonchev–Trinajstić information content (AvgIpc) is 3.21. The van der Waals surface area contributed by atoms with Crippen molar-refractivity contribution in [3.8, 4) is 21.8 Å². The third-order valence-corrected chi connectivity index (χ3v) is 6.44. The highest BCUT2D eigenvalue weighted by Crippen LogP contribution is 2.40. The summed E-state index contributed by atoms with van der Waals surface area (Å²) in [7, 11) is 0. The fourth-order valence-electron chi connectivity index (χ4n) is 2.09. The number of thiophene rings is 1. The zero-order chi connectivity index (χ0) is 17.3. The van der Waals surface area contributed by atoms with Crippen molar-refractivity contribution in [1.82, 2.24) is 4.98 Å². The van der Waals surface area contributed by atoms with Gasteiger partial charge >= 0.3 is 0 Å². The molecule has 0 saturated carbocycles. The molecule has 6 nitrogen and oxygen atoms in total. The van der Waals surface area contributed by atoms with Crippen molar-refractivity contribution in [3.63, 3.8) is 0 Å². The van der Waals surface area contributed by atoms with E-state index in [1.807, 2.05) is 17.7 Å². The van der Waals surface area contributed by atoms with Crippen molar-refractivity contribution in [2.24, 2.45) is 5.73 Å². The van der Waals surface area contributed by atoms with Gasteiger partial charge < -0.3 is 5.73 Å². The number of nitro benzene ring substituents is 1. The van der Waals surface area contributed by atoms with Gasteiger partial charge in [-0.25, -0.2) is 4.98 Å². The molecule has 3 aromatic rings. The quantitative estimate of drug-likeness (QED) is 0.204. The highest BCUT2D eigenvalue weighted by atomic mass is 35.5. The molecule has 0 radical (unpaired) electrons. The lowest BCUT2D eigenvalue weighted by Gasteiger charge is -1.97. The maximum Gasteiger partial charge on any atom is 0.269 e. The smallest absolute Gasteiger partial charge is 0.269 e. The number of hydrogen-bond acceptors (Lipinski definition) is 7. The molecule has 3 rings (SSSR count). The summed E-state index contributed by atoms with van der Waals surface area (Å²) in [6.45, 7) is 0. The Morgan fingerprint density at radius 2 is 2.04 bits per heavy atom. The molecule has 0 aliphatic carbocycles. The highest BCUT2D eigenvalue weighted by Gasteiger charge is 2.16. The number of nitrogens with zero attached hydrogens (tertiary/aromatic N) is 2. The maximum atomic E-state index is 10.7. The number of thiazole rings is 1. The van der Waals surface area contributed by atoms with E-state index in [9.17, 15) is 10.1 Å². The summed E-state index contributed by atoms with van der Waals surface area (Å²) in [5.41, 5.74) is 8.20. The summed E-state index contributed by atoms with van der Waals surface area (Å²) in [5, 5.41) is 21.1. The van der Waals surface area contributed by atoms with Crippen molar-refractivity contribution in [2.75, 3.05) is 6.26 Å². The van der Waals surface area contributed by atoms with E-state index in [4.69, 9.17) is 11.1 Å². The van der Waals surface area contributed by atoms with Crippen molar-refractivity contribution in [1.29, 1.82) is 5.41 Å². The van der Waals surface area contributed by atoms with Crippen molar-refractivity contribution in [2.45, 2.75) is 4.21 Å². The second-order valence-corrected chi connectivity index (χ2v) is 7.76. The van der Waals surface area contributed by atoms with E-state index in [0.717, 1.165) is 30.9 Å². The molecule has 2 heterocycles. The standard InChI is InChI=1S/C15H12N4O2S3.ClH/c1-22-15-10(6-12(24-15)13(16)17)14-18-11(7-23-14)8-2-4-9(5-3-8)19(20)21;/h2-7H,1H3,(H3,16,17);1H. The van der Waals surface area contributed by atoms with E-state index in [1.165, 1.54) is 34.8 Å². The number of nitrogens with one attached hydrogen (secondary N) is 1. The van der Waals surface area contributed by atoms with Crippen LogP contribution >= 0.6 is 46.8 Å². The summed E-state index contributed by atoms with van der Waals surface area (Å²) >= 11 is 4.57. The van der Waals surface area contributed by atoms with Crippen LogP contribution in [0.25, 0.3) is 21.8 Å². The first kappa shape index (κ1) is 19.4. The monoisotopic (exact) mass is 412 g/mol.